The molecule has 0 radical (unpaired) electrons. The van der Waals surface area contributed by atoms with Gasteiger partial charge in [0, 0.05) is 6.54 Å². The highest BCUT2D eigenvalue weighted by molar-refractivity contribution is 5.93. The number of benzene rings is 1. The molecule has 2 rings (SSSR count). The van der Waals surface area contributed by atoms with E-state index in [1.54, 1.807) is 13.0 Å². The average Bonchev–Trinajstić information content (AvgIpc) is 2.51. The minimum absolute atomic E-state index is 0.175. The van der Waals surface area contributed by atoms with Gasteiger partial charge in [0.25, 0.3) is 5.91 Å². The van der Waals surface area contributed by atoms with Crippen LogP contribution in [0.5, 0.6) is 0 Å². The van der Waals surface area contributed by atoms with E-state index in [2.05, 4.69) is 48.5 Å². The number of carbonyl (C=O) groups excluding carboxylic acids is 2. The number of nitrogens with zero attached hydrogens (tertiary/aromatic N) is 1. The van der Waals surface area contributed by atoms with Crippen molar-refractivity contribution >= 4 is 17.6 Å². The molecule has 4 N–H and O–H groups in total. The van der Waals surface area contributed by atoms with Crippen LogP contribution >= 0.6 is 0 Å². The first-order valence-electron chi connectivity index (χ1n) is 8.17. The summed E-state index contributed by atoms with van der Waals surface area (Å²) in [6, 6.07) is 7.11. The number of aromatic nitrogens is 1. The normalized spacial score (nSPS) is 10.4. The van der Waals surface area contributed by atoms with Crippen molar-refractivity contribution < 1.29 is 9.59 Å². The van der Waals surface area contributed by atoms with Gasteiger partial charge in [-0.1, -0.05) is 17.7 Å². The van der Waals surface area contributed by atoms with E-state index in [0.29, 0.717) is 17.9 Å². The lowest BCUT2D eigenvalue weighted by Crippen LogP contribution is -2.31. The highest BCUT2D eigenvalue weighted by Gasteiger charge is 2.09. The highest BCUT2D eigenvalue weighted by atomic mass is 16.2. The van der Waals surface area contributed by atoms with Crippen LogP contribution in [-0.2, 0) is 6.42 Å². The molecule has 25 heavy (non-hydrogen) atoms. The monoisotopic (exact) mass is 340 g/mol. The predicted octanol–water partition coefficient (Wildman–Crippen LogP) is 2.78. The van der Waals surface area contributed by atoms with E-state index in [4.69, 9.17) is 5.73 Å². The summed E-state index contributed by atoms with van der Waals surface area (Å²) >= 11 is 0. The van der Waals surface area contributed by atoms with E-state index in [1.807, 2.05) is 0 Å². The second-order valence-electron chi connectivity index (χ2n) is 6.20. The molecule has 6 nitrogen and oxygen atoms in total. The highest BCUT2D eigenvalue weighted by Crippen LogP contribution is 2.17. The number of aryl methyl sites for hydroxylation is 4. The van der Waals surface area contributed by atoms with Gasteiger partial charge in [-0.3, -0.25) is 4.79 Å². The number of nitrogens with two attached hydrogens (primary N) is 1. The largest absolute Gasteiger partial charge is 0.364 e. The number of hydrogen-bond acceptors (Lipinski definition) is 3. The fraction of sp³-hybridized carbons (Fsp3) is 0.316. The number of urea groups is 1. The quantitative estimate of drug-likeness (QED) is 0.780. The van der Waals surface area contributed by atoms with Crippen LogP contribution in [0.15, 0.2) is 24.3 Å². The summed E-state index contributed by atoms with van der Waals surface area (Å²) in [6.07, 6.45) is 0.767. The van der Waals surface area contributed by atoms with Crippen LogP contribution in [0.2, 0.25) is 0 Å². The third kappa shape index (κ3) is 4.79. The zero-order valence-corrected chi connectivity index (χ0v) is 15.1. The zero-order chi connectivity index (χ0) is 18.6. The molecule has 132 valence electrons. The van der Waals surface area contributed by atoms with Gasteiger partial charge in [0.15, 0.2) is 0 Å². The summed E-state index contributed by atoms with van der Waals surface area (Å²) in [7, 11) is 0. The lowest BCUT2D eigenvalue weighted by molar-refractivity contribution is 0.0995. The van der Waals surface area contributed by atoms with E-state index in [-0.39, 0.29) is 11.7 Å². The van der Waals surface area contributed by atoms with E-state index >= 15 is 0 Å². The molecule has 3 amide bonds. The van der Waals surface area contributed by atoms with Crippen molar-refractivity contribution in [1.82, 2.24) is 10.3 Å². The molecule has 0 saturated carbocycles. The first-order chi connectivity index (χ1) is 11.8. The van der Waals surface area contributed by atoms with Gasteiger partial charge >= 0.3 is 6.03 Å². The van der Waals surface area contributed by atoms with Crippen LogP contribution in [0.1, 0.15) is 38.4 Å². The van der Waals surface area contributed by atoms with Gasteiger partial charge in [-0.25, -0.2) is 9.78 Å². The second kappa shape index (κ2) is 7.79. The molecule has 1 aromatic heterocycles. The third-order valence-electron chi connectivity index (χ3n) is 4.09. The van der Waals surface area contributed by atoms with Gasteiger partial charge in [-0.05, 0) is 62.9 Å². The Bertz CT molecular complexity index is 792. The fourth-order valence-electron chi connectivity index (χ4n) is 2.90. The molecule has 1 heterocycles. The first kappa shape index (κ1) is 18.4. The minimum atomic E-state index is -0.595. The van der Waals surface area contributed by atoms with Crippen LogP contribution in [0.4, 0.5) is 10.5 Å². The number of primary amides is 1. The Balaban J connectivity index is 1.92. The summed E-state index contributed by atoms with van der Waals surface area (Å²) in [4.78, 5) is 27.2. The van der Waals surface area contributed by atoms with E-state index in [1.165, 1.54) is 28.3 Å². The van der Waals surface area contributed by atoms with Crippen molar-refractivity contribution in [3.8, 4) is 0 Å². The Labute approximate surface area is 147 Å². The number of anilines is 1. The lowest BCUT2D eigenvalue weighted by atomic mass is 9.97. The van der Waals surface area contributed by atoms with E-state index < -0.39 is 5.91 Å². The molecule has 0 atom stereocenters. The van der Waals surface area contributed by atoms with Crippen LogP contribution in [-0.4, -0.2) is 23.5 Å². The Morgan fingerprint density at radius 3 is 2.28 bits per heavy atom. The van der Waals surface area contributed by atoms with Gasteiger partial charge in [-0.2, -0.15) is 0 Å². The van der Waals surface area contributed by atoms with Crippen LogP contribution < -0.4 is 16.4 Å². The zero-order valence-electron chi connectivity index (χ0n) is 15.1. The smallest absolute Gasteiger partial charge is 0.319 e. The van der Waals surface area contributed by atoms with Crippen molar-refractivity contribution in [2.45, 2.75) is 34.1 Å². The van der Waals surface area contributed by atoms with Crippen molar-refractivity contribution in [3.05, 3.63) is 57.9 Å². The van der Waals surface area contributed by atoms with Crippen LogP contribution in [0, 0.1) is 27.7 Å². The molecule has 0 aliphatic heterocycles. The Kier molecular flexibility index (Phi) is 5.75. The molecular weight excluding hydrogens is 316 g/mol. The molecule has 0 fully saturated rings. The van der Waals surface area contributed by atoms with Gasteiger partial charge in [0.2, 0.25) is 0 Å². The molecule has 0 aliphatic carbocycles. The van der Waals surface area contributed by atoms with E-state index in [0.717, 1.165) is 6.42 Å². The molecule has 0 spiro atoms. The maximum absolute atomic E-state index is 12.1. The Morgan fingerprint density at radius 2 is 1.72 bits per heavy atom. The van der Waals surface area contributed by atoms with Gasteiger partial charge in [-0.15, -0.1) is 0 Å². The standard InChI is InChI=1S/C19H24N4O2/c1-11-9-12(2)15(13(3)10-11)7-8-21-19(25)23-16-5-6-17(18(20)24)22-14(16)4/h5-6,9-10H,7-8H2,1-4H3,(H2,20,24)(H2,21,23,25). The predicted molar refractivity (Wildman–Crippen MR) is 98.9 cm³/mol. The number of pyridine rings is 1. The summed E-state index contributed by atoms with van der Waals surface area (Å²) in [5.74, 6) is -0.595. The van der Waals surface area contributed by atoms with Crippen molar-refractivity contribution in [1.29, 1.82) is 0 Å². The van der Waals surface area contributed by atoms with Gasteiger partial charge in [0.1, 0.15) is 5.69 Å². The molecule has 0 saturated heterocycles. The molecule has 0 bridgehead atoms. The van der Waals surface area contributed by atoms with Gasteiger partial charge < -0.3 is 16.4 Å². The number of amides is 3. The minimum Gasteiger partial charge on any atom is -0.364 e. The number of hydrogen-bond donors (Lipinski definition) is 3. The van der Waals surface area contributed by atoms with Crippen LogP contribution in [0.3, 0.4) is 0 Å². The SMILES string of the molecule is Cc1cc(C)c(CCNC(=O)Nc2ccc(C(N)=O)nc2C)c(C)c1. The second-order valence-corrected chi connectivity index (χ2v) is 6.20. The van der Waals surface area contributed by atoms with Crippen molar-refractivity contribution in [3.63, 3.8) is 0 Å². The molecule has 6 heteroatoms. The molecule has 2 aromatic rings. The summed E-state index contributed by atoms with van der Waals surface area (Å²) < 4.78 is 0. The maximum Gasteiger partial charge on any atom is 0.319 e. The summed E-state index contributed by atoms with van der Waals surface area (Å²) in [6.45, 7) is 8.49. The molecular formula is C19H24N4O2. The van der Waals surface area contributed by atoms with Crippen molar-refractivity contribution in [2.75, 3.05) is 11.9 Å². The van der Waals surface area contributed by atoms with Gasteiger partial charge in [0.05, 0.1) is 11.4 Å². The third-order valence-corrected chi connectivity index (χ3v) is 4.09. The fourth-order valence-corrected chi connectivity index (χ4v) is 2.90. The van der Waals surface area contributed by atoms with E-state index in [9.17, 15) is 9.59 Å². The maximum atomic E-state index is 12.1. The molecule has 0 unspecified atom stereocenters. The summed E-state index contributed by atoms with van der Waals surface area (Å²) in [5.41, 5.74) is 11.4. The number of rotatable bonds is 5. The molecule has 0 aliphatic rings. The number of carbonyl (C=O) groups is 2. The molecule has 1 aromatic carbocycles. The summed E-state index contributed by atoms with van der Waals surface area (Å²) in [5, 5.41) is 5.58. The Morgan fingerprint density at radius 1 is 1.08 bits per heavy atom. The Hall–Kier alpha value is -2.89. The topological polar surface area (TPSA) is 97.1 Å². The lowest BCUT2D eigenvalue weighted by Gasteiger charge is -2.13. The van der Waals surface area contributed by atoms with Crippen LogP contribution in [0.25, 0.3) is 0 Å². The van der Waals surface area contributed by atoms with Crippen molar-refractivity contribution in [2.24, 2.45) is 5.73 Å². The average molecular weight is 340 g/mol. The number of nitrogens with one attached hydrogen (secondary N) is 2. The first-order valence-corrected chi connectivity index (χ1v) is 8.17.